The van der Waals surface area contributed by atoms with Gasteiger partial charge in [0, 0.05) is 12.6 Å². The van der Waals surface area contributed by atoms with Crippen LogP contribution in [0.15, 0.2) is 18.2 Å². The number of nitrogens with zero attached hydrogens (tertiary/aromatic N) is 2. The molecule has 1 heterocycles. The van der Waals surface area contributed by atoms with Gasteiger partial charge in [0.15, 0.2) is 0 Å². The SMILES string of the molecule is NCc1ccc2c(c1)nc(CO)n2C1CC1. The van der Waals surface area contributed by atoms with Crippen LogP contribution in [0.4, 0.5) is 0 Å². The molecule has 0 aliphatic heterocycles. The molecule has 1 aliphatic carbocycles. The first-order chi connectivity index (χ1) is 7.83. The molecule has 4 heteroatoms. The van der Waals surface area contributed by atoms with Gasteiger partial charge in [-0.15, -0.1) is 0 Å². The van der Waals surface area contributed by atoms with E-state index in [0.29, 0.717) is 12.6 Å². The van der Waals surface area contributed by atoms with Gasteiger partial charge >= 0.3 is 0 Å². The summed E-state index contributed by atoms with van der Waals surface area (Å²) < 4.78 is 2.16. The minimum atomic E-state index is 0.00311. The highest BCUT2D eigenvalue weighted by atomic mass is 16.3. The van der Waals surface area contributed by atoms with E-state index in [1.807, 2.05) is 12.1 Å². The number of rotatable bonds is 3. The molecule has 1 aliphatic rings. The number of fused-ring (bicyclic) bond motifs is 1. The Morgan fingerprint density at radius 3 is 2.88 bits per heavy atom. The maximum absolute atomic E-state index is 9.31. The average molecular weight is 217 g/mol. The van der Waals surface area contributed by atoms with Crippen molar-refractivity contribution >= 4 is 11.0 Å². The van der Waals surface area contributed by atoms with E-state index in [0.717, 1.165) is 22.4 Å². The normalized spacial score (nSPS) is 15.9. The van der Waals surface area contributed by atoms with Gasteiger partial charge in [-0.2, -0.15) is 0 Å². The van der Waals surface area contributed by atoms with Crippen LogP contribution in [-0.4, -0.2) is 14.7 Å². The largest absolute Gasteiger partial charge is 0.388 e. The molecule has 1 fully saturated rings. The summed E-state index contributed by atoms with van der Waals surface area (Å²) in [5, 5.41) is 9.31. The van der Waals surface area contributed by atoms with Gasteiger partial charge in [0.05, 0.1) is 11.0 Å². The molecule has 0 bridgehead atoms. The Kier molecular flexibility index (Phi) is 2.19. The Morgan fingerprint density at radius 1 is 1.44 bits per heavy atom. The molecule has 1 saturated carbocycles. The number of aliphatic hydroxyl groups excluding tert-OH is 1. The maximum Gasteiger partial charge on any atom is 0.135 e. The molecule has 1 aromatic heterocycles. The minimum Gasteiger partial charge on any atom is -0.388 e. The second-order valence-electron chi connectivity index (χ2n) is 4.31. The third-order valence-corrected chi connectivity index (χ3v) is 3.12. The number of hydrogen-bond donors (Lipinski definition) is 2. The molecule has 1 aromatic carbocycles. The van der Waals surface area contributed by atoms with Crippen LogP contribution in [0.5, 0.6) is 0 Å². The van der Waals surface area contributed by atoms with Crippen LogP contribution in [0, 0.1) is 0 Å². The zero-order valence-electron chi connectivity index (χ0n) is 9.06. The van der Waals surface area contributed by atoms with Crippen molar-refractivity contribution < 1.29 is 5.11 Å². The van der Waals surface area contributed by atoms with Gasteiger partial charge in [-0.05, 0) is 30.5 Å². The number of hydrogen-bond acceptors (Lipinski definition) is 3. The van der Waals surface area contributed by atoms with Gasteiger partial charge in [-0.3, -0.25) is 0 Å². The molecule has 2 aromatic rings. The summed E-state index contributed by atoms with van der Waals surface area (Å²) in [6.07, 6.45) is 2.38. The molecular formula is C12H15N3O. The van der Waals surface area contributed by atoms with Gasteiger partial charge in [-0.25, -0.2) is 4.98 Å². The van der Waals surface area contributed by atoms with Crippen molar-refractivity contribution in [2.24, 2.45) is 5.73 Å². The molecule has 3 rings (SSSR count). The summed E-state index contributed by atoms with van der Waals surface area (Å²) in [6.45, 7) is 0.532. The molecule has 0 saturated heterocycles. The van der Waals surface area contributed by atoms with Crippen molar-refractivity contribution in [1.82, 2.24) is 9.55 Å². The second-order valence-corrected chi connectivity index (χ2v) is 4.31. The first kappa shape index (κ1) is 9.81. The highest BCUT2D eigenvalue weighted by Gasteiger charge is 2.27. The Labute approximate surface area is 93.7 Å². The lowest BCUT2D eigenvalue weighted by atomic mass is 10.2. The van der Waals surface area contributed by atoms with Gasteiger partial charge in [0.25, 0.3) is 0 Å². The quantitative estimate of drug-likeness (QED) is 0.815. The third kappa shape index (κ3) is 1.42. The van der Waals surface area contributed by atoms with E-state index in [-0.39, 0.29) is 6.61 Å². The fraction of sp³-hybridized carbons (Fsp3) is 0.417. The third-order valence-electron chi connectivity index (χ3n) is 3.12. The van der Waals surface area contributed by atoms with E-state index in [1.54, 1.807) is 0 Å². The standard InChI is InChI=1S/C12H15N3O/c13-6-8-1-4-11-10(5-8)14-12(7-16)15(11)9-2-3-9/h1,4-5,9,16H,2-3,6-7,13H2. The number of nitrogens with two attached hydrogens (primary N) is 1. The lowest BCUT2D eigenvalue weighted by Crippen LogP contribution is -2.01. The molecule has 84 valence electrons. The molecular weight excluding hydrogens is 202 g/mol. The fourth-order valence-corrected chi connectivity index (χ4v) is 2.17. The van der Waals surface area contributed by atoms with E-state index in [2.05, 4.69) is 15.6 Å². The highest BCUT2D eigenvalue weighted by molar-refractivity contribution is 5.77. The molecule has 0 amide bonds. The molecule has 0 spiro atoms. The topological polar surface area (TPSA) is 64.1 Å². The lowest BCUT2D eigenvalue weighted by molar-refractivity contribution is 0.266. The Hall–Kier alpha value is -1.39. The Morgan fingerprint density at radius 2 is 2.25 bits per heavy atom. The lowest BCUT2D eigenvalue weighted by Gasteiger charge is -2.05. The zero-order chi connectivity index (χ0) is 11.1. The van der Waals surface area contributed by atoms with Crippen LogP contribution in [0.3, 0.4) is 0 Å². The minimum absolute atomic E-state index is 0.00311. The molecule has 0 unspecified atom stereocenters. The van der Waals surface area contributed by atoms with Crippen LogP contribution >= 0.6 is 0 Å². The predicted octanol–water partition coefficient (Wildman–Crippen LogP) is 1.32. The van der Waals surface area contributed by atoms with Crippen LogP contribution < -0.4 is 5.73 Å². The van der Waals surface area contributed by atoms with Gasteiger partial charge in [0.2, 0.25) is 0 Å². The van der Waals surface area contributed by atoms with E-state index in [9.17, 15) is 5.11 Å². The van der Waals surface area contributed by atoms with Crippen LogP contribution in [-0.2, 0) is 13.2 Å². The summed E-state index contributed by atoms with van der Waals surface area (Å²) in [5.41, 5.74) is 8.75. The number of benzene rings is 1. The van der Waals surface area contributed by atoms with Crippen molar-refractivity contribution in [2.75, 3.05) is 0 Å². The molecule has 16 heavy (non-hydrogen) atoms. The number of aliphatic hydroxyl groups is 1. The number of aromatic nitrogens is 2. The fourth-order valence-electron chi connectivity index (χ4n) is 2.17. The Bertz CT molecular complexity index is 528. The van der Waals surface area contributed by atoms with Crippen molar-refractivity contribution in [3.63, 3.8) is 0 Å². The van der Waals surface area contributed by atoms with E-state index < -0.39 is 0 Å². The van der Waals surface area contributed by atoms with E-state index >= 15 is 0 Å². The molecule has 4 nitrogen and oxygen atoms in total. The number of imidazole rings is 1. The van der Waals surface area contributed by atoms with Crippen molar-refractivity contribution in [3.8, 4) is 0 Å². The zero-order valence-corrected chi connectivity index (χ0v) is 9.06. The predicted molar refractivity (Wildman–Crippen MR) is 61.8 cm³/mol. The molecule has 3 N–H and O–H groups in total. The monoisotopic (exact) mass is 217 g/mol. The smallest absolute Gasteiger partial charge is 0.135 e. The molecule has 0 atom stereocenters. The summed E-state index contributed by atoms with van der Waals surface area (Å²) in [5.74, 6) is 0.770. The van der Waals surface area contributed by atoms with Crippen LogP contribution in [0.2, 0.25) is 0 Å². The van der Waals surface area contributed by atoms with E-state index in [1.165, 1.54) is 12.8 Å². The summed E-state index contributed by atoms with van der Waals surface area (Å²) >= 11 is 0. The average Bonchev–Trinajstić information content (AvgIpc) is 3.08. The first-order valence-electron chi connectivity index (χ1n) is 5.64. The summed E-state index contributed by atoms with van der Waals surface area (Å²) in [4.78, 5) is 4.46. The first-order valence-corrected chi connectivity index (χ1v) is 5.64. The Balaban J connectivity index is 2.21. The van der Waals surface area contributed by atoms with Crippen molar-refractivity contribution in [2.45, 2.75) is 32.0 Å². The van der Waals surface area contributed by atoms with Gasteiger partial charge in [0.1, 0.15) is 12.4 Å². The summed E-state index contributed by atoms with van der Waals surface area (Å²) in [6, 6.07) is 6.63. The maximum atomic E-state index is 9.31. The van der Waals surface area contributed by atoms with Crippen LogP contribution in [0.1, 0.15) is 30.3 Å². The van der Waals surface area contributed by atoms with Crippen LogP contribution in [0.25, 0.3) is 11.0 Å². The van der Waals surface area contributed by atoms with Gasteiger partial charge in [-0.1, -0.05) is 6.07 Å². The van der Waals surface area contributed by atoms with Crippen molar-refractivity contribution in [1.29, 1.82) is 0 Å². The highest BCUT2D eigenvalue weighted by Crippen LogP contribution is 2.38. The summed E-state index contributed by atoms with van der Waals surface area (Å²) in [7, 11) is 0. The van der Waals surface area contributed by atoms with Gasteiger partial charge < -0.3 is 15.4 Å². The van der Waals surface area contributed by atoms with E-state index in [4.69, 9.17) is 5.73 Å². The molecule has 0 radical (unpaired) electrons. The second kappa shape index (κ2) is 3.57. The van der Waals surface area contributed by atoms with Crippen molar-refractivity contribution in [3.05, 3.63) is 29.6 Å².